The van der Waals surface area contributed by atoms with E-state index in [1.165, 1.54) is 24.0 Å². The van der Waals surface area contributed by atoms with Gasteiger partial charge in [-0.25, -0.2) is 9.69 Å². The van der Waals surface area contributed by atoms with Crippen LogP contribution in [-0.4, -0.2) is 47.7 Å². The highest BCUT2D eigenvalue weighted by atomic mass is 32.2. The second-order valence-corrected chi connectivity index (χ2v) is 4.74. The van der Waals surface area contributed by atoms with Gasteiger partial charge in [-0.15, -0.1) is 0 Å². The number of carbonyl (C=O) groups is 1. The third-order valence-corrected chi connectivity index (χ3v) is 3.33. The molecule has 0 heterocycles. The fraction of sp³-hybridized carbons (Fsp3) is 0.833. The maximum atomic E-state index is 12.3. The summed E-state index contributed by atoms with van der Waals surface area (Å²) in [5, 5.41) is 7.70. The lowest BCUT2D eigenvalue weighted by atomic mass is 10.3. The van der Waals surface area contributed by atoms with Crippen LogP contribution < -0.4 is 0 Å². The van der Waals surface area contributed by atoms with Gasteiger partial charge >= 0.3 is 6.03 Å². The monoisotopic (exact) mass is 275 g/mol. The minimum atomic E-state index is -0.156. The molecule has 0 aliphatic heterocycles. The first-order valence-electron chi connectivity index (χ1n) is 6.37. The van der Waals surface area contributed by atoms with Crippen molar-refractivity contribution < 1.29 is 9.53 Å². The van der Waals surface area contributed by atoms with E-state index in [1.54, 1.807) is 4.31 Å². The van der Waals surface area contributed by atoms with Gasteiger partial charge in [-0.2, -0.15) is 0 Å². The van der Waals surface area contributed by atoms with E-state index in [9.17, 15) is 4.79 Å². The molecule has 5 nitrogen and oxygen atoms in total. The molecule has 2 amide bonds. The van der Waals surface area contributed by atoms with Gasteiger partial charge < -0.3 is 4.74 Å². The number of hydrogen-bond acceptors (Lipinski definition) is 4. The minimum absolute atomic E-state index is 0.0796. The lowest BCUT2D eigenvalue weighted by Crippen LogP contribution is -2.44. The Kier molecular flexibility index (Phi) is 9.55. The Balaban J connectivity index is 4.63. The van der Waals surface area contributed by atoms with Crippen LogP contribution in [0.15, 0.2) is 0 Å². The van der Waals surface area contributed by atoms with Gasteiger partial charge in [0.25, 0.3) is 6.02 Å². The first kappa shape index (κ1) is 17.1. The molecule has 0 fully saturated rings. The summed E-state index contributed by atoms with van der Waals surface area (Å²) < 4.78 is 6.57. The third-order valence-electron chi connectivity index (χ3n) is 2.55. The molecule has 0 aliphatic rings. The summed E-state index contributed by atoms with van der Waals surface area (Å²) in [7, 11) is 1.42. The number of hydrogen-bond donors (Lipinski definition) is 1. The zero-order chi connectivity index (χ0) is 14.0. The molecular formula is C12H25N3O2S. The van der Waals surface area contributed by atoms with Crippen LogP contribution in [0.3, 0.4) is 0 Å². The summed E-state index contributed by atoms with van der Waals surface area (Å²) in [6.07, 6.45) is 5.74. The van der Waals surface area contributed by atoms with E-state index in [-0.39, 0.29) is 12.1 Å². The number of amides is 2. The quantitative estimate of drug-likeness (QED) is 0.441. The molecule has 0 bridgehead atoms. The van der Waals surface area contributed by atoms with Crippen molar-refractivity contribution >= 4 is 24.0 Å². The minimum Gasteiger partial charge on any atom is -0.468 e. The summed E-state index contributed by atoms with van der Waals surface area (Å²) >= 11 is 1.40. The SMILES string of the molecule is CCCCN(SC)C(=O)N(CCCC)C(=N)OC. The lowest BCUT2D eigenvalue weighted by Gasteiger charge is -2.28. The van der Waals surface area contributed by atoms with Gasteiger partial charge in [0.2, 0.25) is 0 Å². The van der Waals surface area contributed by atoms with Crippen molar-refractivity contribution in [2.45, 2.75) is 39.5 Å². The van der Waals surface area contributed by atoms with E-state index in [2.05, 4.69) is 13.8 Å². The normalized spacial score (nSPS) is 10.0. The largest absolute Gasteiger partial charge is 0.468 e. The van der Waals surface area contributed by atoms with Crippen molar-refractivity contribution in [3.05, 3.63) is 0 Å². The molecule has 0 saturated carbocycles. The number of methoxy groups -OCH3 is 1. The van der Waals surface area contributed by atoms with Gasteiger partial charge in [0.05, 0.1) is 7.11 Å². The highest BCUT2D eigenvalue weighted by molar-refractivity contribution is 7.96. The zero-order valence-electron chi connectivity index (χ0n) is 11.9. The van der Waals surface area contributed by atoms with E-state index in [4.69, 9.17) is 10.1 Å². The maximum absolute atomic E-state index is 12.3. The van der Waals surface area contributed by atoms with Gasteiger partial charge in [0.15, 0.2) is 0 Å². The van der Waals surface area contributed by atoms with Gasteiger partial charge in [0.1, 0.15) is 0 Å². The number of nitrogens with zero attached hydrogens (tertiary/aromatic N) is 2. The van der Waals surface area contributed by atoms with Gasteiger partial charge in [-0.1, -0.05) is 26.7 Å². The molecular weight excluding hydrogens is 250 g/mol. The molecule has 0 radical (unpaired) electrons. The van der Waals surface area contributed by atoms with E-state index < -0.39 is 0 Å². The number of rotatable bonds is 7. The number of nitrogens with one attached hydrogen (secondary N) is 1. The molecule has 6 heteroatoms. The third kappa shape index (κ3) is 5.62. The summed E-state index contributed by atoms with van der Waals surface area (Å²) in [5.41, 5.74) is 0. The Hall–Kier alpha value is -0.910. The van der Waals surface area contributed by atoms with Crippen molar-refractivity contribution in [1.82, 2.24) is 9.21 Å². The Bertz CT molecular complexity index is 262. The van der Waals surface area contributed by atoms with Crippen LogP contribution in [0.4, 0.5) is 4.79 Å². The first-order valence-corrected chi connectivity index (χ1v) is 7.56. The fourth-order valence-corrected chi connectivity index (χ4v) is 1.98. The molecule has 0 aromatic heterocycles. The molecule has 0 atom stereocenters. The highest BCUT2D eigenvalue weighted by Crippen LogP contribution is 2.13. The fourth-order valence-electron chi connectivity index (χ4n) is 1.41. The summed E-state index contributed by atoms with van der Waals surface area (Å²) in [6, 6.07) is -0.236. The molecule has 1 N–H and O–H groups in total. The van der Waals surface area contributed by atoms with Crippen molar-refractivity contribution in [2.24, 2.45) is 0 Å². The molecule has 18 heavy (non-hydrogen) atoms. The van der Waals surface area contributed by atoms with Gasteiger partial charge in [-0.05, 0) is 24.8 Å². The van der Waals surface area contributed by atoms with Gasteiger partial charge in [-0.3, -0.25) is 9.71 Å². The molecule has 0 unspecified atom stereocenters. The van der Waals surface area contributed by atoms with Crippen LogP contribution >= 0.6 is 11.9 Å². The van der Waals surface area contributed by atoms with E-state index in [0.717, 1.165) is 25.7 Å². The van der Waals surface area contributed by atoms with E-state index in [1.807, 2.05) is 6.26 Å². The first-order chi connectivity index (χ1) is 8.62. The molecule has 0 aliphatic carbocycles. The topological polar surface area (TPSA) is 56.6 Å². The van der Waals surface area contributed by atoms with Crippen molar-refractivity contribution in [2.75, 3.05) is 26.5 Å². The van der Waals surface area contributed by atoms with Crippen molar-refractivity contribution in [1.29, 1.82) is 5.41 Å². The molecule has 0 rings (SSSR count). The molecule has 0 spiro atoms. The van der Waals surface area contributed by atoms with Crippen molar-refractivity contribution in [3.8, 4) is 0 Å². The molecule has 0 saturated heterocycles. The standard InChI is InChI=1S/C12H25N3O2S/c1-5-7-9-14(11(13)17-3)12(16)15(18-4)10-8-6-2/h13H,5-10H2,1-4H3. The highest BCUT2D eigenvalue weighted by Gasteiger charge is 2.23. The number of carbonyl (C=O) groups excluding carboxylic acids is 1. The predicted octanol–water partition coefficient (Wildman–Crippen LogP) is 3.17. The molecule has 0 aromatic rings. The Morgan fingerprint density at radius 1 is 1.22 bits per heavy atom. The summed E-state index contributed by atoms with van der Waals surface area (Å²) in [4.78, 5) is 13.7. The van der Waals surface area contributed by atoms with Crippen LogP contribution in [0.25, 0.3) is 0 Å². The number of amidine groups is 1. The van der Waals surface area contributed by atoms with Crippen LogP contribution in [0, 0.1) is 5.41 Å². The van der Waals surface area contributed by atoms with E-state index >= 15 is 0 Å². The maximum Gasteiger partial charge on any atom is 0.338 e. The Morgan fingerprint density at radius 3 is 2.22 bits per heavy atom. The second kappa shape index (κ2) is 10.1. The van der Waals surface area contributed by atoms with Crippen LogP contribution in [0.1, 0.15) is 39.5 Å². The second-order valence-electron chi connectivity index (χ2n) is 3.94. The summed E-state index contributed by atoms with van der Waals surface area (Å²) in [5.74, 6) is 0. The Labute approximate surface area is 114 Å². The van der Waals surface area contributed by atoms with Crippen molar-refractivity contribution in [3.63, 3.8) is 0 Å². The average molecular weight is 275 g/mol. The smallest absolute Gasteiger partial charge is 0.338 e. The molecule has 106 valence electrons. The zero-order valence-corrected chi connectivity index (χ0v) is 12.7. The lowest BCUT2D eigenvalue weighted by molar-refractivity contribution is 0.190. The predicted molar refractivity (Wildman–Crippen MR) is 76.9 cm³/mol. The van der Waals surface area contributed by atoms with Crippen LogP contribution in [0.2, 0.25) is 0 Å². The number of unbranched alkanes of at least 4 members (excludes halogenated alkanes) is 2. The van der Waals surface area contributed by atoms with E-state index in [0.29, 0.717) is 13.1 Å². The van der Waals surface area contributed by atoms with Crippen LogP contribution in [0.5, 0.6) is 0 Å². The number of urea groups is 1. The van der Waals surface area contributed by atoms with Crippen LogP contribution in [-0.2, 0) is 4.74 Å². The Morgan fingerprint density at radius 2 is 1.78 bits per heavy atom. The molecule has 0 aromatic carbocycles. The van der Waals surface area contributed by atoms with Gasteiger partial charge in [0, 0.05) is 19.3 Å². The summed E-state index contributed by atoms with van der Waals surface area (Å²) in [6.45, 7) is 5.39. The average Bonchev–Trinajstić information content (AvgIpc) is 2.39. The number of ether oxygens (including phenoxy) is 1.